The number of nitrogens with zero attached hydrogens (tertiary/aromatic N) is 4. The predicted molar refractivity (Wildman–Crippen MR) is 84.2 cm³/mol. The first kappa shape index (κ1) is 15.5. The van der Waals surface area contributed by atoms with Crippen molar-refractivity contribution in [3.8, 4) is 0 Å². The van der Waals surface area contributed by atoms with Crippen LogP contribution in [0.2, 0.25) is 0 Å². The summed E-state index contributed by atoms with van der Waals surface area (Å²) in [4.78, 5) is 20.9. The molecule has 6 heteroatoms. The van der Waals surface area contributed by atoms with E-state index in [1.165, 1.54) is 25.7 Å². The number of carbonyl (C=O) groups excluding carboxylic acids is 1. The van der Waals surface area contributed by atoms with Gasteiger partial charge in [0.2, 0.25) is 5.91 Å². The van der Waals surface area contributed by atoms with E-state index in [4.69, 9.17) is 0 Å². The summed E-state index contributed by atoms with van der Waals surface area (Å²) in [6.07, 6.45) is 6.55. The molecule has 0 radical (unpaired) electrons. The number of hydrogen-bond acceptors (Lipinski definition) is 4. The lowest BCUT2D eigenvalue weighted by Gasteiger charge is -2.31. The third-order valence-electron chi connectivity index (χ3n) is 4.94. The molecule has 0 bridgehead atoms. The second-order valence-electron chi connectivity index (χ2n) is 6.68. The number of aromatic nitrogens is 3. The number of carbonyl (C=O) groups is 1. The molecule has 0 spiro atoms. The SMILES string of the molecule is Cc1nc(CN2CCC(CCC(=O)N3CCCC3)CC2)n[nH]1. The van der Waals surface area contributed by atoms with Gasteiger partial charge >= 0.3 is 0 Å². The molecule has 22 heavy (non-hydrogen) atoms. The van der Waals surface area contributed by atoms with E-state index in [-0.39, 0.29) is 0 Å². The van der Waals surface area contributed by atoms with Crippen molar-refractivity contribution >= 4 is 5.91 Å². The molecule has 2 fully saturated rings. The van der Waals surface area contributed by atoms with Crippen LogP contribution in [0.1, 0.15) is 50.2 Å². The van der Waals surface area contributed by atoms with Crippen LogP contribution >= 0.6 is 0 Å². The highest BCUT2D eigenvalue weighted by Gasteiger charge is 2.23. The number of aryl methyl sites for hydroxylation is 1. The second kappa shape index (κ2) is 7.22. The standard InChI is InChI=1S/C16H27N5O/c1-13-17-15(19-18-13)12-20-10-6-14(7-11-20)4-5-16(22)21-8-2-3-9-21/h14H,2-12H2,1H3,(H,17,18,19). The van der Waals surface area contributed by atoms with E-state index >= 15 is 0 Å². The summed E-state index contributed by atoms with van der Waals surface area (Å²) < 4.78 is 0. The third kappa shape index (κ3) is 4.06. The zero-order valence-electron chi connectivity index (χ0n) is 13.6. The van der Waals surface area contributed by atoms with E-state index in [2.05, 4.69) is 20.1 Å². The first-order valence-corrected chi connectivity index (χ1v) is 8.59. The Kier molecular flexibility index (Phi) is 5.08. The van der Waals surface area contributed by atoms with Crippen molar-refractivity contribution in [3.05, 3.63) is 11.6 Å². The van der Waals surface area contributed by atoms with Gasteiger partial charge in [-0.25, -0.2) is 4.98 Å². The summed E-state index contributed by atoms with van der Waals surface area (Å²) in [5.41, 5.74) is 0. The fourth-order valence-corrected chi connectivity index (χ4v) is 3.55. The number of likely N-dealkylation sites (tertiary alicyclic amines) is 2. The Bertz CT molecular complexity index is 486. The molecule has 2 saturated heterocycles. The first-order valence-electron chi connectivity index (χ1n) is 8.59. The molecule has 1 aromatic heterocycles. The lowest BCUT2D eigenvalue weighted by molar-refractivity contribution is -0.130. The zero-order chi connectivity index (χ0) is 15.4. The summed E-state index contributed by atoms with van der Waals surface area (Å²) in [7, 11) is 0. The van der Waals surface area contributed by atoms with Crippen LogP contribution in [-0.4, -0.2) is 57.1 Å². The Balaban J connectivity index is 1.35. The molecule has 0 atom stereocenters. The number of nitrogens with one attached hydrogen (secondary N) is 1. The van der Waals surface area contributed by atoms with Crippen molar-refractivity contribution in [1.29, 1.82) is 0 Å². The van der Waals surface area contributed by atoms with Gasteiger partial charge in [-0.2, -0.15) is 5.10 Å². The van der Waals surface area contributed by atoms with Gasteiger partial charge in [-0.3, -0.25) is 14.8 Å². The van der Waals surface area contributed by atoms with Crippen LogP contribution in [0.15, 0.2) is 0 Å². The molecule has 122 valence electrons. The largest absolute Gasteiger partial charge is 0.343 e. The van der Waals surface area contributed by atoms with E-state index in [0.717, 1.165) is 57.2 Å². The summed E-state index contributed by atoms with van der Waals surface area (Å²) in [5, 5.41) is 7.10. The van der Waals surface area contributed by atoms with Gasteiger partial charge in [0.05, 0.1) is 6.54 Å². The van der Waals surface area contributed by atoms with E-state index in [1.54, 1.807) is 0 Å². The maximum Gasteiger partial charge on any atom is 0.222 e. The van der Waals surface area contributed by atoms with Crippen LogP contribution in [-0.2, 0) is 11.3 Å². The van der Waals surface area contributed by atoms with E-state index < -0.39 is 0 Å². The lowest BCUT2D eigenvalue weighted by atomic mass is 9.92. The Morgan fingerprint density at radius 1 is 1.23 bits per heavy atom. The minimum Gasteiger partial charge on any atom is -0.343 e. The molecule has 2 aliphatic heterocycles. The van der Waals surface area contributed by atoms with E-state index in [0.29, 0.717) is 11.8 Å². The molecular weight excluding hydrogens is 278 g/mol. The number of hydrogen-bond donors (Lipinski definition) is 1. The molecule has 1 N–H and O–H groups in total. The first-order chi connectivity index (χ1) is 10.7. The lowest BCUT2D eigenvalue weighted by Crippen LogP contribution is -2.34. The maximum absolute atomic E-state index is 12.1. The molecule has 6 nitrogen and oxygen atoms in total. The third-order valence-corrected chi connectivity index (χ3v) is 4.94. The van der Waals surface area contributed by atoms with Gasteiger partial charge in [-0.1, -0.05) is 0 Å². The molecule has 2 aliphatic rings. The van der Waals surface area contributed by atoms with Crippen LogP contribution in [0.25, 0.3) is 0 Å². The Morgan fingerprint density at radius 3 is 2.59 bits per heavy atom. The molecule has 1 aromatic rings. The maximum atomic E-state index is 12.1. The van der Waals surface area contributed by atoms with Gasteiger partial charge < -0.3 is 4.90 Å². The Hall–Kier alpha value is -1.43. The fourth-order valence-electron chi connectivity index (χ4n) is 3.55. The van der Waals surface area contributed by atoms with Gasteiger partial charge in [0.15, 0.2) is 5.82 Å². The highest BCUT2D eigenvalue weighted by Crippen LogP contribution is 2.23. The van der Waals surface area contributed by atoms with Gasteiger partial charge in [0.1, 0.15) is 5.82 Å². The number of piperidine rings is 1. The van der Waals surface area contributed by atoms with Gasteiger partial charge in [-0.15, -0.1) is 0 Å². The number of rotatable bonds is 5. The van der Waals surface area contributed by atoms with Crippen LogP contribution < -0.4 is 0 Å². The molecule has 3 rings (SSSR count). The number of aromatic amines is 1. The molecule has 0 unspecified atom stereocenters. The summed E-state index contributed by atoms with van der Waals surface area (Å²) in [6, 6.07) is 0. The summed E-state index contributed by atoms with van der Waals surface area (Å²) in [5.74, 6) is 2.85. The molecule has 0 saturated carbocycles. The minimum absolute atomic E-state index is 0.371. The topological polar surface area (TPSA) is 65.1 Å². The Labute approximate surface area is 132 Å². The fraction of sp³-hybridized carbons (Fsp3) is 0.812. The normalized spacial score (nSPS) is 20.7. The van der Waals surface area contributed by atoms with Crippen molar-refractivity contribution < 1.29 is 4.79 Å². The van der Waals surface area contributed by atoms with Crippen molar-refractivity contribution in [2.24, 2.45) is 5.92 Å². The van der Waals surface area contributed by atoms with Crippen molar-refractivity contribution in [2.75, 3.05) is 26.2 Å². The average molecular weight is 305 g/mol. The molecule has 1 amide bonds. The zero-order valence-corrected chi connectivity index (χ0v) is 13.6. The van der Waals surface area contributed by atoms with E-state index in [1.807, 2.05) is 11.8 Å². The van der Waals surface area contributed by atoms with Crippen LogP contribution in [0, 0.1) is 12.8 Å². The molecule has 3 heterocycles. The molecule has 0 aliphatic carbocycles. The number of amides is 1. The van der Waals surface area contributed by atoms with Gasteiger partial charge in [0, 0.05) is 19.5 Å². The average Bonchev–Trinajstić information content (AvgIpc) is 3.18. The summed E-state index contributed by atoms with van der Waals surface area (Å²) in [6.45, 7) is 6.91. The van der Waals surface area contributed by atoms with Gasteiger partial charge in [-0.05, 0) is 58.0 Å². The second-order valence-corrected chi connectivity index (χ2v) is 6.68. The molecule has 0 aromatic carbocycles. The van der Waals surface area contributed by atoms with Gasteiger partial charge in [0.25, 0.3) is 0 Å². The van der Waals surface area contributed by atoms with Crippen molar-refractivity contribution in [1.82, 2.24) is 25.0 Å². The highest BCUT2D eigenvalue weighted by atomic mass is 16.2. The smallest absolute Gasteiger partial charge is 0.222 e. The quantitative estimate of drug-likeness (QED) is 0.900. The highest BCUT2D eigenvalue weighted by molar-refractivity contribution is 5.76. The van der Waals surface area contributed by atoms with Crippen LogP contribution in [0.3, 0.4) is 0 Å². The van der Waals surface area contributed by atoms with Crippen LogP contribution in [0.5, 0.6) is 0 Å². The minimum atomic E-state index is 0.371. The Morgan fingerprint density at radius 2 is 1.95 bits per heavy atom. The predicted octanol–water partition coefficient (Wildman–Crippen LogP) is 1.73. The van der Waals surface area contributed by atoms with Crippen LogP contribution in [0.4, 0.5) is 0 Å². The van der Waals surface area contributed by atoms with E-state index in [9.17, 15) is 4.79 Å². The molecular formula is C16H27N5O. The monoisotopic (exact) mass is 305 g/mol. The summed E-state index contributed by atoms with van der Waals surface area (Å²) >= 11 is 0. The number of H-pyrrole nitrogens is 1. The van der Waals surface area contributed by atoms with Crippen molar-refractivity contribution in [2.45, 2.75) is 52.0 Å². The van der Waals surface area contributed by atoms with Crippen molar-refractivity contribution in [3.63, 3.8) is 0 Å².